The molecular weight excluding hydrogens is 344 g/mol. The molecule has 0 aromatic carbocycles. The Morgan fingerprint density at radius 3 is 2.59 bits per heavy atom. The normalized spacial score (nSPS) is 15.8. The van der Waals surface area contributed by atoms with Crippen LogP contribution in [0.2, 0.25) is 0 Å². The van der Waals surface area contributed by atoms with Gasteiger partial charge < -0.3 is 9.42 Å². The van der Waals surface area contributed by atoms with E-state index in [0.29, 0.717) is 30.3 Å². The maximum absolute atomic E-state index is 12.9. The van der Waals surface area contributed by atoms with Crippen molar-refractivity contribution in [2.45, 2.75) is 52.4 Å². The lowest BCUT2D eigenvalue weighted by atomic mass is 9.96. The van der Waals surface area contributed by atoms with E-state index in [1.165, 1.54) is 0 Å². The average Bonchev–Trinajstić information content (AvgIpc) is 3.28. The molecule has 0 spiro atoms. The predicted octanol–water partition coefficient (Wildman–Crippen LogP) is 2.87. The molecule has 0 aliphatic carbocycles. The summed E-state index contributed by atoms with van der Waals surface area (Å²) in [6.07, 6.45) is 1.63. The summed E-state index contributed by atoms with van der Waals surface area (Å²) in [6.45, 7) is 9.30. The van der Waals surface area contributed by atoms with E-state index in [9.17, 15) is 4.79 Å². The smallest absolute Gasteiger partial charge is 0.274 e. The molecule has 3 aromatic rings. The molecule has 4 rings (SSSR count). The average molecular weight is 368 g/mol. The number of rotatable bonds is 3. The van der Waals surface area contributed by atoms with Crippen LogP contribution in [0.3, 0.4) is 0 Å². The first-order valence-corrected chi connectivity index (χ1v) is 9.39. The number of likely N-dealkylation sites (tertiary alicyclic amines) is 1. The second-order valence-electron chi connectivity index (χ2n) is 7.55. The Kier molecular flexibility index (Phi) is 4.41. The van der Waals surface area contributed by atoms with E-state index in [4.69, 9.17) is 4.52 Å². The molecule has 1 amide bonds. The second kappa shape index (κ2) is 6.75. The van der Waals surface area contributed by atoms with Gasteiger partial charge in [-0.15, -0.1) is 0 Å². The molecule has 0 saturated carbocycles. The van der Waals surface area contributed by atoms with Gasteiger partial charge in [0.25, 0.3) is 5.91 Å². The number of hydrogen-bond donors (Lipinski definition) is 0. The fourth-order valence-electron chi connectivity index (χ4n) is 3.53. The Balaban J connectivity index is 1.46. The van der Waals surface area contributed by atoms with Gasteiger partial charge in [-0.3, -0.25) is 4.79 Å². The zero-order valence-electron chi connectivity index (χ0n) is 16.1. The standard InChI is InChI=1S/C19H24N6O2/c1-11(2)17-21-18(27-23-17)14-5-7-24(8-6-14)19(26)15-10-16-20-12(3)9-13(4)25(16)22-15/h9-11,14H,5-8H2,1-4H3. The molecule has 4 heterocycles. The SMILES string of the molecule is Cc1cc(C)n2nc(C(=O)N3CCC(c4nc(C(C)C)no4)CC3)cc2n1. The van der Waals surface area contributed by atoms with Gasteiger partial charge in [0, 0.05) is 42.4 Å². The number of amides is 1. The first-order valence-electron chi connectivity index (χ1n) is 9.39. The lowest BCUT2D eigenvalue weighted by Gasteiger charge is -2.29. The molecule has 3 aromatic heterocycles. The van der Waals surface area contributed by atoms with Crippen LogP contribution in [0.1, 0.15) is 72.1 Å². The number of nitrogens with zero attached hydrogens (tertiary/aromatic N) is 6. The number of carbonyl (C=O) groups is 1. The van der Waals surface area contributed by atoms with Crippen molar-refractivity contribution in [3.05, 3.63) is 40.9 Å². The van der Waals surface area contributed by atoms with E-state index >= 15 is 0 Å². The zero-order valence-corrected chi connectivity index (χ0v) is 16.1. The van der Waals surface area contributed by atoms with Gasteiger partial charge in [0.1, 0.15) is 0 Å². The highest BCUT2D eigenvalue weighted by Gasteiger charge is 2.29. The Hall–Kier alpha value is -2.77. The third-order valence-corrected chi connectivity index (χ3v) is 5.06. The summed E-state index contributed by atoms with van der Waals surface area (Å²) in [6, 6.07) is 3.72. The van der Waals surface area contributed by atoms with Gasteiger partial charge >= 0.3 is 0 Å². The summed E-state index contributed by atoms with van der Waals surface area (Å²) in [4.78, 5) is 23.7. The molecule has 0 atom stereocenters. The van der Waals surface area contributed by atoms with Crippen molar-refractivity contribution in [1.82, 2.24) is 29.6 Å². The number of hydrogen-bond acceptors (Lipinski definition) is 6. The van der Waals surface area contributed by atoms with Crippen LogP contribution in [-0.2, 0) is 0 Å². The fraction of sp³-hybridized carbons (Fsp3) is 0.526. The second-order valence-corrected chi connectivity index (χ2v) is 7.55. The number of aryl methyl sites for hydroxylation is 2. The van der Waals surface area contributed by atoms with Gasteiger partial charge in [0.05, 0.1) is 0 Å². The molecule has 142 valence electrons. The first-order chi connectivity index (χ1) is 12.9. The van der Waals surface area contributed by atoms with E-state index in [1.54, 1.807) is 10.6 Å². The van der Waals surface area contributed by atoms with E-state index in [2.05, 4.69) is 20.2 Å². The largest absolute Gasteiger partial charge is 0.339 e. The molecule has 1 aliphatic heterocycles. The van der Waals surface area contributed by atoms with Crippen molar-refractivity contribution in [1.29, 1.82) is 0 Å². The summed E-state index contributed by atoms with van der Waals surface area (Å²) in [5.74, 6) is 1.84. The molecule has 27 heavy (non-hydrogen) atoms. The number of piperidine rings is 1. The quantitative estimate of drug-likeness (QED) is 0.706. The molecule has 0 unspecified atom stereocenters. The number of carbonyl (C=O) groups excluding carboxylic acids is 1. The van der Waals surface area contributed by atoms with Gasteiger partial charge in [-0.05, 0) is 32.8 Å². The topological polar surface area (TPSA) is 89.4 Å². The van der Waals surface area contributed by atoms with Crippen LogP contribution in [-0.4, -0.2) is 48.6 Å². The van der Waals surface area contributed by atoms with Crippen LogP contribution in [0.4, 0.5) is 0 Å². The lowest BCUT2D eigenvalue weighted by molar-refractivity contribution is 0.0698. The van der Waals surface area contributed by atoms with Crippen molar-refractivity contribution >= 4 is 11.6 Å². The van der Waals surface area contributed by atoms with E-state index in [1.807, 2.05) is 38.7 Å². The van der Waals surface area contributed by atoms with Gasteiger partial charge in [-0.1, -0.05) is 19.0 Å². The number of aromatic nitrogens is 5. The lowest BCUT2D eigenvalue weighted by Crippen LogP contribution is -2.38. The van der Waals surface area contributed by atoms with Crippen molar-refractivity contribution in [2.75, 3.05) is 13.1 Å². The fourth-order valence-corrected chi connectivity index (χ4v) is 3.53. The minimum Gasteiger partial charge on any atom is -0.339 e. The number of fused-ring (bicyclic) bond motifs is 1. The van der Waals surface area contributed by atoms with Gasteiger partial charge in [-0.25, -0.2) is 9.50 Å². The summed E-state index contributed by atoms with van der Waals surface area (Å²) in [5.41, 5.74) is 3.03. The monoisotopic (exact) mass is 368 g/mol. The minimum absolute atomic E-state index is 0.0515. The molecule has 0 radical (unpaired) electrons. The van der Waals surface area contributed by atoms with Crippen LogP contribution < -0.4 is 0 Å². The van der Waals surface area contributed by atoms with Gasteiger partial charge in [0.15, 0.2) is 17.2 Å². The summed E-state index contributed by atoms with van der Waals surface area (Å²) in [7, 11) is 0. The van der Waals surface area contributed by atoms with Crippen molar-refractivity contribution < 1.29 is 9.32 Å². The van der Waals surface area contributed by atoms with Crippen LogP contribution in [0.15, 0.2) is 16.7 Å². The Labute approximate surface area is 157 Å². The highest BCUT2D eigenvalue weighted by atomic mass is 16.5. The molecule has 1 aliphatic rings. The molecule has 8 heteroatoms. The molecule has 0 bridgehead atoms. The van der Waals surface area contributed by atoms with Crippen molar-refractivity contribution in [2.24, 2.45) is 0 Å². The predicted molar refractivity (Wildman–Crippen MR) is 98.7 cm³/mol. The summed E-state index contributed by atoms with van der Waals surface area (Å²) < 4.78 is 7.14. The Bertz CT molecular complexity index is 981. The van der Waals surface area contributed by atoms with Gasteiger partial charge in [-0.2, -0.15) is 10.1 Å². The molecule has 1 fully saturated rings. The van der Waals surface area contributed by atoms with E-state index < -0.39 is 0 Å². The highest BCUT2D eigenvalue weighted by Crippen LogP contribution is 2.28. The van der Waals surface area contributed by atoms with E-state index in [-0.39, 0.29) is 17.7 Å². The van der Waals surface area contributed by atoms with E-state index in [0.717, 1.165) is 30.1 Å². The molecular formula is C19H24N6O2. The molecule has 0 N–H and O–H groups in total. The minimum atomic E-state index is -0.0515. The third-order valence-electron chi connectivity index (χ3n) is 5.06. The zero-order chi connectivity index (χ0) is 19.1. The Morgan fingerprint density at radius 2 is 1.93 bits per heavy atom. The summed E-state index contributed by atoms with van der Waals surface area (Å²) >= 11 is 0. The van der Waals surface area contributed by atoms with Crippen LogP contribution in [0.25, 0.3) is 5.65 Å². The molecule has 1 saturated heterocycles. The Morgan fingerprint density at radius 1 is 1.19 bits per heavy atom. The molecule has 8 nitrogen and oxygen atoms in total. The van der Waals surface area contributed by atoms with Crippen molar-refractivity contribution in [3.63, 3.8) is 0 Å². The maximum atomic E-state index is 12.9. The van der Waals surface area contributed by atoms with Gasteiger partial charge in [0.2, 0.25) is 5.89 Å². The summed E-state index contributed by atoms with van der Waals surface area (Å²) in [5, 5.41) is 8.50. The first kappa shape index (κ1) is 17.6. The third kappa shape index (κ3) is 3.31. The van der Waals surface area contributed by atoms with Crippen LogP contribution in [0, 0.1) is 13.8 Å². The van der Waals surface area contributed by atoms with Crippen LogP contribution >= 0.6 is 0 Å². The van der Waals surface area contributed by atoms with Crippen molar-refractivity contribution in [3.8, 4) is 0 Å². The highest BCUT2D eigenvalue weighted by molar-refractivity contribution is 5.93. The maximum Gasteiger partial charge on any atom is 0.274 e. The van der Waals surface area contributed by atoms with Crippen LogP contribution in [0.5, 0.6) is 0 Å².